The van der Waals surface area contributed by atoms with E-state index in [1.54, 1.807) is 0 Å². The van der Waals surface area contributed by atoms with Gasteiger partial charge in [0.15, 0.2) is 0 Å². The summed E-state index contributed by atoms with van der Waals surface area (Å²) in [5, 5.41) is 0. The Kier molecular flexibility index (Phi) is 5.00. The van der Waals surface area contributed by atoms with Crippen molar-refractivity contribution in [1.82, 2.24) is 0 Å². The minimum Gasteiger partial charge on any atom is -0.315 e. The van der Waals surface area contributed by atoms with Gasteiger partial charge in [-0.3, -0.25) is 0 Å². The quantitative estimate of drug-likeness (QED) is 0.424. The summed E-state index contributed by atoms with van der Waals surface area (Å²) < 4.78 is 0.908. The largest absolute Gasteiger partial charge is 0.315 e. The van der Waals surface area contributed by atoms with Crippen LogP contribution < -0.4 is 0 Å². The number of allylic oxidation sites excluding steroid dienone is 1. The first kappa shape index (κ1) is 13.5. The molecule has 0 aromatic heterocycles. The van der Waals surface area contributed by atoms with Crippen molar-refractivity contribution in [3.63, 3.8) is 0 Å². The highest BCUT2D eigenvalue weighted by Crippen LogP contribution is 2.00. The monoisotopic (exact) mass is 228 g/mol. The summed E-state index contributed by atoms with van der Waals surface area (Å²) in [5.41, 5.74) is 2.46. The van der Waals surface area contributed by atoms with E-state index in [-0.39, 0.29) is 0 Å². The molecular weight excluding hydrogens is 206 g/mol. The fraction of sp³-hybridized carbons (Fsp3) is 0.375. The third-order valence-electron chi connectivity index (χ3n) is 2.51. The van der Waals surface area contributed by atoms with Gasteiger partial charge >= 0.3 is 0 Å². The minimum absolute atomic E-state index is 0.874. The molecule has 0 amide bonds. The second-order valence-electron chi connectivity index (χ2n) is 5.23. The van der Waals surface area contributed by atoms with Crippen LogP contribution in [0, 0.1) is 11.8 Å². The maximum Gasteiger partial charge on any atom is 0.141 e. The molecule has 0 heterocycles. The minimum atomic E-state index is 0.874. The highest BCUT2D eigenvalue weighted by molar-refractivity contribution is 5.33. The first-order valence-corrected chi connectivity index (χ1v) is 5.99. The molecule has 0 aliphatic heterocycles. The van der Waals surface area contributed by atoms with Gasteiger partial charge in [-0.25, -0.2) is 0 Å². The second-order valence-corrected chi connectivity index (χ2v) is 5.23. The molecule has 0 unspecified atom stereocenters. The van der Waals surface area contributed by atoms with Gasteiger partial charge in [-0.15, -0.1) is 0 Å². The van der Waals surface area contributed by atoms with E-state index in [1.165, 1.54) is 5.57 Å². The summed E-state index contributed by atoms with van der Waals surface area (Å²) in [7, 11) is 4.41. The van der Waals surface area contributed by atoms with E-state index < -0.39 is 0 Å². The molecule has 1 aromatic carbocycles. The summed E-state index contributed by atoms with van der Waals surface area (Å²) in [6.07, 6.45) is 2.27. The predicted molar refractivity (Wildman–Crippen MR) is 74.6 cm³/mol. The van der Waals surface area contributed by atoms with Gasteiger partial charge in [0.05, 0.1) is 20.6 Å². The summed E-state index contributed by atoms with van der Waals surface area (Å²) in [6, 6.07) is 10.1. The Morgan fingerprint density at radius 2 is 1.82 bits per heavy atom. The smallest absolute Gasteiger partial charge is 0.141 e. The molecule has 0 aliphatic rings. The molecule has 1 rings (SSSR count). The average Bonchev–Trinajstić information content (AvgIpc) is 2.28. The van der Waals surface area contributed by atoms with Gasteiger partial charge in [0.1, 0.15) is 6.54 Å². The van der Waals surface area contributed by atoms with Crippen molar-refractivity contribution >= 4 is 0 Å². The van der Waals surface area contributed by atoms with Gasteiger partial charge in [-0.2, -0.15) is 0 Å². The predicted octanol–water partition coefficient (Wildman–Crippen LogP) is 3.08. The Hall–Kier alpha value is -1.52. The molecule has 0 radical (unpaired) electrons. The number of nitrogens with zero attached hydrogens (tertiary/aromatic N) is 1. The van der Waals surface area contributed by atoms with Crippen LogP contribution in [0.1, 0.15) is 19.4 Å². The van der Waals surface area contributed by atoms with Crippen LogP contribution in [0.25, 0.3) is 0 Å². The van der Waals surface area contributed by atoms with Crippen molar-refractivity contribution in [3.05, 3.63) is 47.5 Å². The fourth-order valence-electron chi connectivity index (χ4n) is 1.37. The summed E-state index contributed by atoms with van der Waals surface area (Å²) in [6.45, 7) is 6.18. The second kappa shape index (κ2) is 6.27. The van der Waals surface area contributed by atoms with E-state index in [0.29, 0.717) is 0 Å². The number of hydrogen-bond donors (Lipinski definition) is 0. The van der Waals surface area contributed by atoms with Crippen molar-refractivity contribution in [1.29, 1.82) is 0 Å². The maximum atomic E-state index is 3.26. The standard InChI is InChI=1S/C16H22N/c1-15(2)12-14-17(3,4)13-8-11-16-9-6-5-7-10-16/h5-7,9-10,12H,13-14H2,1-4H3/q+1. The van der Waals surface area contributed by atoms with Crippen LogP contribution in [0.3, 0.4) is 0 Å². The number of quaternary nitrogens is 1. The van der Waals surface area contributed by atoms with Crippen molar-refractivity contribution in [3.8, 4) is 11.8 Å². The molecule has 90 valence electrons. The first-order valence-electron chi connectivity index (χ1n) is 5.99. The lowest BCUT2D eigenvalue weighted by atomic mass is 10.2. The van der Waals surface area contributed by atoms with Crippen LogP contribution in [-0.4, -0.2) is 31.7 Å². The molecule has 0 atom stereocenters. The van der Waals surface area contributed by atoms with Gasteiger partial charge in [0.2, 0.25) is 0 Å². The summed E-state index contributed by atoms with van der Waals surface area (Å²) in [5.74, 6) is 6.46. The van der Waals surface area contributed by atoms with Gasteiger partial charge in [-0.05, 0) is 38.0 Å². The molecule has 0 aliphatic carbocycles. The zero-order valence-corrected chi connectivity index (χ0v) is 11.3. The lowest BCUT2D eigenvalue weighted by Gasteiger charge is -2.25. The van der Waals surface area contributed by atoms with Crippen molar-refractivity contribution in [2.75, 3.05) is 27.2 Å². The Labute approximate surface area is 105 Å². The van der Waals surface area contributed by atoms with Gasteiger partial charge in [0, 0.05) is 5.56 Å². The Bertz CT molecular complexity index is 426. The normalized spacial score (nSPS) is 10.4. The Morgan fingerprint density at radius 1 is 1.18 bits per heavy atom. The SMILES string of the molecule is CC(C)=CC[N+](C)(C)CC#Cc1ccccc1. The number of likely N-dealkylation sites (N-methyl/N-ethyl adjacent to an activating group) is 1. The maximum absolute atomic E-state index is 3.26. The molecule has 0 N–H and O–H groups in total. The molecule has 0 saturated heterocycles. The van der Waals surface area contributed by atoms with Crippen molar-refractivity contribution in [2.24, 2.45) is 0 Å². The topological polar surface area (TPSA) is 0 Å². The van der Waals surface area contributed by atoms with Crippen LogP contribution in [0.15, 0.2) is 42.0 Å². The van der Waals surface area contributed by atoms with Crippen LogP contribution in [0.4, 0.5) is 0 Å². The van der Waals surface area contributed by atoms with Crippen molar-refractivity contribution < 1.29 is 4.48 Å². The molecule has 1 nitrogen and oxygen atoms in total. The third-order valence-corrected chi connectivity index (χ3v) is 2.51. The first-order chi connectivity index (χ1) is 7.99. The number of benzene rings is 1. The van der Waals surface area contributed by atoms with E-state index >= 15 is 0 Å². The molecule has 17 heavy (non-hydrogen) atoms. The van der Waals surface area contributed by atoms with E-state index in [1.807, 2.05) is 30.3 Å². The zero-order valence-electron chi connectivity index (χ0n) is 11.3. The van der Waals surface area contributed by atoms with E-state index in [2.05, 4.69) is 45.9 Å². The Balaban J connectivity index is 2.56. The lowest BCUT2D eigenvalue weighted by Crippen LogP contribution is -2.39. The van der Waals surface area contributed by atoms with Crippen molar-refractivity contribution in [2.45, 2.75) is 13.8 Å². The molecule has 1 aromatic rings. The lowest BCUT2D eigenvalue weighted by molar-refractivity contribution is -0.877. The molecular formula is C16H22N+. The Morgan fingerprint density at radius 3 is 2.41 bits per heavy atom. The summed E-state index contributed by atoms with van der Waals surface area (Å²) >= 11 is 0. The van der Waals surface area contributed by atoms with Gasteiger partial charge in [0.25, 0.3) is 0 Å². The van der Waals surface area contributed by atoms with Crippen LogP contribution in [0.5, 0.6) is 0 Å². The number of hydrogen-bond acceptors (Lipinski definition) is 0. The van der Waals surface area contributed by atoms with Gasteiger partial charge < -0.3 is 4.48 Å². The molecule has 0 bridgehead atoms. The highest BCUT2D eigenvalue weighted by atomic mass is 15.3. The van der Waals surface area contributed by atoms with Gasteiger partial charge in [-0.1, -0.05) is 29.7 Å². The molecule has 1 heteroatoms. The number of rotatable bonds is 3. The molecule has 0 saturated carbocycles. The third kappa shape index (κ3) is 5.94. The van der Waals surface area contributed by atoms with Crippen LogP contribution in [0.2, 0.25) is 0 Å². The van der Waals surface area contributed by atoms with E-state index in [0.717, 1.165) is 23.1 Å². The molecule has 0 fully saturated rings. The summed E-state index contributed by atoms with van der Waals surface area (Å²) in [4.78, 5) is 0. The molecule has 0 spiro atoms. The van der Waals surface area contributed by atoms with Crippen LogP contribution in [-0.2, 0) is 0 Å². The van der Waals surface area contributed by atoms with E-state index in [9.17, 15) is 0 Å². The average molecular weight is 228 g/mol. The van der Waals surface area contributed by atoms with Crippen LogP contribution >= 0.6 is 0 Å². The zero-order chi connectivity index (χ0) is 12.7. The van der Waals surface area contributed by atoms with E-state index in [4.69, 9.17) is 0 Å². The fourth-order valence-corrected chi connectivity index (χ4v) is 1.37. The highest BCUT2D eigenvalue weighted by Gasteiger charge is 2.10.